The molecular formula is C59H43N3O. The lowest BCUT2D eigenvalue weighted by atomic mass is 9.43. The molecule has 4 nitrogen and oxygen atoms in total. The Balaban J connectivity index is 0.916. The van der Waals surface area contributed by atoms with Gasteiger partial charge in [0, 0.05) is 32.9 Å². The van der Waals surface area contributed by atoms with Crippen LogP contribution < -0.4 is 0 Å². The van der Waals surface area contributed by atoms with E-state index in [1.165, 1.54) is 76.3 Å². The fourth-order valence-electron chi connectivity index (χ4n) is 13.2. The second kappa shape index (κ2) is 13.4. The minimum absolute atomic E-state index is 0.000230. The van der Waals surface area contributed by atoms with Crippen LogP contribution in [0.3, 0.4) is 0 Å². The van der Waals surface area contributed by atoms with E-state index in [0.717, 1.165) is 50.5 Å². The highest BCUT2D eigenvalue weighted by atomic mass is 16.3. The van der Waals surface area contributed by atoms with Crippen molar-refractivity contribution in [1.29, 1.82) is 0 Å². The largest absolute Gasteiger partial charge is 0.456 e. The van der Waals surface area contributed by atoms with E-state index in [0.29, 0.717) is 29.3 Å². The highest BCUT2D eigenvalue weighted by Gasteiger charge is 2.61. The maximum absolute atomic E-state index is 6.39. The number of hydrogen-bond donors (Lipinski definition) is 0. The fourth-order valence-corrected chi connectivity index (χ4v) is 13.2. The van der Waals surface area contributed by atoms with Gasteiger partial charge in [-0.3, -0.25) is 0 Å². The van der Waals surface area contributed by atoms with E-state index in [9.17, 15) is 0 Å². The molecule has 0 aliphatic heterocycles. The maximum atomic E-state index is 6.39. The van der Waals surface area contributed by atoms with Crippen molar-refractivity contribution in [2.75, 3.05) is 0 Å². The van der Waals surface area contributed by atoms with Crippen LogP contribution in [0, 0.1) is 23.7 Å². The lowest BCUT2D eigenvalue weighted by Crippen LogP contribution is -2.55. The van der Waals surface area contributed by atoms with Gasteiger partial charge in [-0.15, -0.1) is 0 Å². The molecule has 0 saturated heterocycles. The molecule has 2 heterocycles. The second-order valence-electron chi connectivity index (χ2n) is 18.8. The molecule has 8 aromatic carbocycles. The quantitative estimate of drug-likeness (QED) is 0.174. The Morgan fingerprint density at radius 1 is 0.381 bits per heavy atom. The summed E-state index contributed by atoms with van der Waals surface area (Å²) in [6, 6.07) is 63.8. The number of hydrogen-bond acceptors (Lipinski definition) is 4. The molecule has 1 spiro atoms. The van der Waals surface area contributed by atoms with Crippen molar-refractivity contribution in [3.8, 4) is 67.5 Å². The fraction of sp³-hybridized carbons (Fsp3) is 0.169. The lowest BCUT2D eigenvalue weighted by molar-refractivity contribution is -0.0399. The zero-order valence-electron chi connectivity index (χ0n) is 34.8. The second-order valence-corrected chi connectivity index (χ2v) is 18.8. The molecule has 0 unspecified atom stereocenters. The highest BCUT2D eigenvalue weighted by molar-refractivity contribution is 6.12. The lowest BCUT2D eigenvalue weighted by Gasteiger charge is -2.61. The van der Waals surface area contributed by atoms with E-state index in [1.54, 1.807) is 11.1 Å². The maximum Gasteiger partial charge on any atom is 0.164 e. The molecule has 0 atom stereocenters. The van der Waals surface area contributed by atoms with Crippen molar-refractivity contribution in [3.63, 3.8) is 0 Å². The van der Waals surface area contributed by atoms with Gasteiger partial charge in [-0.2, -0.15) is 0 Å². The Morgan fingerprint density at radius 3 is 1.75 bits per heavy atom. The molecule has 5 aliphatic carbocycles. The van der Waals surface area contributed by atoms with Crippen LogP contribution in [0.15, 0.2) is 180 Å². The standard InChI is InChI=1S/C59H43N3O/c1-2-12-38(13-3-1)56-60-57(62-58(61-56)49-20-9-14-37-11-4-5-17-45(37)49)42-16-8-15-39(32-42)40-23-25-47-48-26-24-41(46-19-10-22-54-55(46)50-18-6-7-21-53(50)63-54)34-52(48)59(51(47)33-40)43-28-35-27-36(30-43)31-44(59)29-35/h1-26,32-36,43-44H,27-31H2. The summed E-state index contributed by atoms with van der Waals surface area (Å²) in [6.07, 6.45) is 6.76. The molecular weight excluding hydrogens is 767 g/mol. The molecule has 300 valence electrons. The Morgan fingerprint density at radius 2 is 0.937 bits per heavy atom. The number of rotatable bonds is 5. The topological polar surface area (TPSA) is 51.8 Å². The van der Waals surface area contributed by atoms with Crippen LogP contribution in [0.5, 0.6) is 0 Å². The molecule has 4 fully saturated rings. The third kappa shape index (κ3) is 5.24. The van der Waals surface area contributed by atoms with Crippen LogP contribution in [0.1, 0.15) is 43.2 Å². The third-order valence-electron chi connectivity index (χ3n) is 15.5. The molecule has 0 N–H and O–H groups in total. The first-order chi connectivity index (χ1) is 31.2. The number of fused-ring (bicyclic) bond motifs is 7. The van der Waals surface area contributed by atoms with Crippen LogP contribution in [0.4, 0.5) is 0 Å². The van der Waals surface area contributed by atoms with E-state index < -0.39 is 0 Å². The molecule has 15 rings (SSSR count). The Hall–Kier alpha value is -7.17. The van der Waals surface area contributed by atoms with Gasteiger partial charge in [-0.05, 0) is 141 Å². The molecule has 4 saturated carbocycles. The molecule has 0 amide bonds. The van der Waals surface area contributed by atoms with Gasteiger partial charge in [0.2, 0.25) is 0 Å². The Kier molecular flexibility index (Phi) is 7.54. The van der Waals surface area contributed by atoms with Crippen molar-refractivity contribution >= 4 is 32.7 Å². The molecule has 10 aromatic rings. The van der Waals surface area contributed by atoms with Gasteiger partial charge >= 0.3 is 0 Å². The average molecular weight is 810 g/mol. The van der Waals surface area contributed by atoms with Crippen LogP contribution in [0.2, 0.25) is 0 Å². The number of para-hydroxylation sites is 1. The molecule has 2 aromatic heterocycles. The highest BCUT2D eigenvalue weighted by Crippen LogP contribution is 2.70. The minimum Gasteiger partial charge on any atom is -0.456 e. The first-order valence-electron chi connectivity index (χ1n) is 22.8. The van der Waals surface area contributed by atoms with Gasteiger partial charge in [0.05, 0.1) is 0 Å². The Bertz CT molecular complexity index is 3460. The summed E-state index contributed by atoms with van der Waals surface area (Å²) in [5.74, 6) is 5.03. The first kappa shape index (κ1) is 35.4. The van der Waals surface area contributed by atoms with Gasteiger partial charge in [0.1, 0.15) is 11.2 Å². The van der Waals surface area contributed by atoms with Gasteiger partial charge in [-0.25, -0.2) is 15.0 Å². The van der Waals surface area contributed by atoms with Crippen molar-refractivity contribution in [3.05, 3.63) is 187 Å². The van der Waals surface area contributed by atoms with Crippen LogP contribution in [0.25, 0.3) is 100 Å². The predicted molar refractivity (Wildman–Crippen MR) is 255 cm³/mol. The SMILES string of the molecule is c1ccc(-c2nc(-c3cccc(-c4ccc5c(c4)C4(c6cc(-c7cccc8oc9ccccc9c78)ccc6-5)C5CC6CC(C5)CC4C6)c3)nc(-c3cccc4ccccc34)n2)cc1. The van der Waals surface area contributed by atoms with Crippen LogP contribution >= 0.6 is 0 Å². The van der Waals surface area contributed by atoms with E-state index >= 15 is 0 Å². The molecule has 4 bridgehead atoms. The van der Waals surface area contributed by atoms with Gasteiger partial charge in [-0.1, -0.05) is 146 Å². The molecule has 4 heteroatoms. The van der Waals surface area contributed by atoms with Crippen LogP contribution in [-0.4, -0.2) is 15.0 Å². The van der Waals surface area contributed by atoms with E-state index in [2.05, 4.69) is 158 Å². The average Bonchev–Trinajstić information content (AvgIpc) is 3.86. The molecule has 63 heavy (non-hydrogen) atoms. The van der Waals surface area contributed by atoms with E-state index in [-0.39, 0.29) is 5.41 Å². The third-order valence-corrected chi connectivity index (χ3v) is 15.5. The number of furan rings is 1. The zero-order chi connectivity index (χ0) is 41.2. The predicted octanol–water partition coefficient (Wildman–Crippen LogP) is 15.0. The van der Waals surface area contributed by atoms with E-state index in [4.69, 9.17) is 19.4 Å². The summed E-state index contributed by atoms with van der Waals surface area (Å²) in [5.41, 5.74) is 15.8. The summed E-state index contributed by atoms with van der Waals surface area (Å²) in [7, 11) is 0. The number of aromatic nitrogens is 3. The normalized spacial score (nSPS) is 21.7. The molecule has 5 aliphatic rings. The zero-order valence-corrected chi connectivity index (χ0v) is 34.8. The van der Waals surface area contributed by atoms with Crippen molar-refractivity contribution in [2.45, 2.75) is 37.5 Å². The molecule has 0 radical (unpaired) electrons. The number of nitrogens with zero attached hydrogens (tertiary/aromatic N) is 3. The van der Waals surface area contributed by atoms with Crippen molar-refractivity contribution in [2.24, 2.45) is 23.7 Å². The Labute approximate surface area is 366 Å². The van der Waals surface area contributed by atoms with Gasteiger partial charge in [0.25, 0.3) is 0 Å². The summed E-state index contributed by atoms with van der Waals surface area (Å²) in [4.78, 5) is 15.5. The van der Waals surface area contributed by atoms with Crippen molar-refractivity contribution < 1.29 is 4.42 Å². The van der Waals surface area contributed by atoms with Gasteiger partial charge in [0.15, 0.2) is 17.5 Å². The van der Waals surface area contributed by atoms with E-state index in [1.807, 2.05) is 18.2 Å². The summed E-state index contributed by atoms with van der Waals surface area (Å²) in [5, 5.41) is 4.68. The monoisotopic (exact) mass is 809 g/mol. The summed E-state index contributed by atoms with van der Waals surface area (Å²) in [6.45, 7) is 0. The summed E-state index contributed by atoms with van der Waals surface area (Å²) >= 11 is 0. The van der Waals surface area contributed by atoms with Gasteiger partial charge < -0.3 is 4.42 Å². The number of benzene rings is 8. The first-order valence-corrected chi connectivity index (χ1v) is 22.8. The minimum atomic E-state index is 0.000230. The smallest absolute Gasteiger partial charge is 0.164 e. The van der Waals surface area contributed by atoms with Crippen molar-refractivity contribution in [1.82, 2.24) is 15.0 Å². The van der Waals surface area contributed by atoms with Crippen LogP contribution in [-0.2, 0) is 5.41 Å². The summed E-state index contributed by atoms with van der Waals surface area (Å²) < 4.78 is 6.39.